The minimum absolute atomic E-state index is 0.262. The molecule has 0 aliphatic heterocycles. The van der Waals surface area contributed by atoms with E-state index in [1.165, 1.54) is 0 Å². The molecule has 0 aliphatic carbocycles. The van der Waals surface area contributed by atoms with Gasteiger partial charge >= 0.3 is 12.1 Å². The Morgan fingerprint density at radius 1 is 1.04 bits per heavy atom. The minimum Gasteiger partial charge on any atom is -0.459 e. The quantitative estimate of drug-likeness (QED) is 0.776. The molecule has 26 heavy (non-hydrogen) atoms. The third-order valence-electron chi connectivity index (χ3n) is 3.29. The van der Waals surface area contributed by atoms with Gasteiger partial charge in [-0.3, -0.25) is 10.1 Å². The Kier molecular flexibility index (Phi) is 6.76. The number of aliphatic hydroxyl groups excluding tert-OH is 1. The fourth-order valence-electron chi connectivity index (χ4n) is 2.06. The van der Waals surface area contributed by atoms with E-state index in [0.29, 0.717) is 5.82 Å². The van der Waals surface area contributed by atoms with Crippen molar-refractivity contribution >= 4 is 17.9 Å². The maximum absolute atomic E-state index is 12.4. The number of aromatic nitrogens is 1. The van der Waals surface area contributed by atoms with E-state index in [1.54, 1.807) is 66.8 Å². The molecule has 1 unspecified atom stereocenters. The van der Waals surface area contributed by atoms with Gasteiger partial charge in [0.1, 0.15) is 17.0 Å². The molecule has 0 spiro atoms. The second kappa shape index (κ2) is 8.03. The Morgan fingerprint density at radius 2 is 1.62 bits per heavy atom. The largest absolute Gasteiger partial charge is 0.459 e. The number of esters is 1. The monoisotopic (exact) mass is 366 g/mol. The SMILES string of the molecule is CC(C)(C)OC(=O)Nc1ccc(CC(C)(CO)C(=O)OC(C)(C)C)cn1. The predicted octanol–water partition coefficient (Wildman–Crippen LogP) is 3.31. The number of carbonyl (C=O) groups excluding carboxylic acids is 2. The van der Waals surface area contributed by atoms with Crippen LogP contribution in [-0.2, 0) is 20.7 Å². The van der Waals surface area contributed by atoms with E-state index in [1.807, 2.05) is 0 Å². The van der Waals surface area contributed by atoms with Gasteiger partial charge < -0.3 is 14.6 Å². The summed E-state index contributed by atoms with van der Waals surface area (Å²) >= 11 is 0. The third kappa shape index (κ3) is 7.39. The van der Waals surface area contributed by atoms with E-state index in [9.17, 15) is 14.7 Å². The average molecular weight is 366 g/mol. The van der Waals surface area contributed by atoms with Crippen molar-refractivity contribution in [2.24, 2.45) is 5.41 Å². The van der Waals surface area contributed by atoms with Crippen LogP contribution in [0, 0.1) is 5.41 Å². The second-order valence-corrected chi connectivity index (χ2v) is 8.58. The molecule has 1 aromatic rings. The van der Waals surface area contributed by atoms with Crippen LogP contribution in [0.2, 0.25) is 0 Å². The summed E-state index contributed by atoms with van der Waals surface area (Å²) in [5.74, 6) is -0.130. The molecule has 1 aromatic heterocycles. The Morgan fingerprint density at radius 3 is 2.04 bits per heavy atom. The van der Waals surface area contributed by atoms with Crippen molar-refractivity contribution in [3.8, 4) is 0 Å². The van der Waals surface area contributed by atoms with Crippen LogP contribution >= 0.6 is 0 Å². The van der Waals surface area contributed by atoms with Gasteiger partial charge in [0.25, 0.3) is 0 Å². The maximum atomic E-state index is 12.4. The summed E-state index contributed by atoms with van der Waals surface area (Å²) in [6.45, 7) is 12.0. The molecule has 0 saturated heterocycles. The fourth-order valence-corrected chi connectivity index (χ4v) is 2.06. The van der Waals surface area contributed by atoms with Crippen LogP contribution in [0.1, 0.15) is 54.0 Å². The number of carbonyl (C=O) groups is 2. The highest BCUT2D eigenvalue weighted by Crippen LogP contribution is 2.26. The number of aliphatic hydroxyl groups is 1. The highest BCUT2D eigenvalue weighted by atomic mass is 16.6. The smallest absolute Gasteiger partial charge is 0.413 e. The Balaban J connectivity index is 2.78. The molecule has 0 aliphatic rings. The molecule has 1 heterocycles. The zero-order chi connectivity index (χ0) is 20.2. The topological polar surface area (TPSA) is 97.8 Å². The van der Waals surface area contributed by atoms with Gasteiger partial charge in [0, 0.05) is 6.20 Å². The van der Waals surface area contributed by atoms with Gasteiger partial charge in [-0.2, -0.15) is 0 Å². The maximum Gasteiger partial charge on any atom is 0.413 e. The molecule has 146 valence electrons. The van der Waals surface area contributed by atoms with E-state index in [4.69, 9.17) is 9.47 Å². The number of hydrogen-bond donors (Lipinski definition) is 2. The van der Waals surface area contributed by atoms with Crippen molar-refractivity contribution in [2.75, 3.05) is 11.9 Å². The number of amides is 1. The van der Waals surface area contributed by atoms with Gasteiger partial charge in [0.15, 0.2) is 0 Å². The summed E-state index contributed by atoms with van der Waals surface area (Å²) in [6, 6.07) is 3.35. The second-order valence-electron chi connectivity index (χ2n) is 8.58. The molecule has 2 N–H and O–H groups in total. The summed E-state index contributed by atoms with van der Waals surface area (Å²) in [6.07, 6.45) is 1.22. The first-order valence-corrected chi connectivity index (χ1v) is 8.53. The average Bonchev–Trinajstić information content (AvgIpc) is 2.45. The zero-order valence-electron chi connectivity index (χ0n) is 16.7. The van der Waals surface area contributed by atoms with Crippen LogP contribution in [0.5, 0.6) is 0 Å². The summed E-state index contributed by atoms with van der Waals surface area (Å²) in [7, 11) is 0. The molecule has 0 fully saturated rings. The van der Waals surface area contributed by atoms with Crippen molar-refractivity contribution in [1.82, 2.24) is 4.98 Å². The molecular formula is C19H30N2O5. The molecule has 7 heteroatoms. The predicted molar refractivity (Wildman–Crippen MR) is 98.8 cm³/mol. The molecule has 0 saturated carbocycles. The molecule has 1 amide bonds. The van der Waals surface area contributed by atoms with Gasteiger partial charge in [-0.25, -0.2) is 9.78 Å². The van der Waals surface area contributed by atoms with Crippen LogP contribution in [0.25, 0.3) is 0 Å². The summed E-state index contributed by atoms with van der Waals surface area (Å²) in [4.78, 5) is 28.3. The lowest BCUT2D eigenvalue weighted by Crippen LogP contribution is -2.39. The zero-order valence-corrected chi connectivity index (χ0v) is 16.7. The Bertz CT molecular complexity index is 629. The highest BCUT2D eigenvalue weighted by molar-refractivity contribution is 5.83. The lowest BCUT2D eigenvalue weighted by molar-refractivity contribution is -0.169. The van der Waals surface area contributed by atoms with Crippen molar-refractivity contribution in [2.45, 2.75) is 66.1 Å². The van der Waals surface area contributed by atoms with Crippen LogP contribution in [0.4, 0.5) is 10.6 Å². The minimum atomic E-state index is -1.07. The molecule has 7 nitrogen and oxygen atoms in total. The molecule has 1 atom stereocenters. The lowest BCUT2D eigenvalue weighted by Gasteiger charge is -2.30. The van der Waals surface area contributed by atoms with Gasteiger partial charge in [0.05, 0.1) is 12.0 Å². The molecular weight excluding hydrogens is 336 g/mol. The van der Waals surface area contributed by atoms with Crippen molar-refractivity contribution < 1.29 is 24.2 Å². The molecule has 0 aromatic carbocycles. The van der Waals surface area contributed by atoms with Crippen molar-refractivity contribution in [3.63, 3.8) is 0 Å². The van der Waals surface area contributed by atoms with Crippen LogP contribution < -0.4 is 5.32 Å². The number of nitrogens with zero attached hydrogens (tertiary/aromatic N) is 1. The van der Waals surface area contributed by atoms with Crippen LogP contribution in [0.15, 0.2) is 18.3 Å². The summed E-state index contributed by atoms with van der Waals surface area (Å²) in [5.41, 5.74) is -1.57. The van der Waals surface area contributed by atoms with Gasteiger partial charge in [-0.1, -0.05) is 6.07 Å². The lowest BCUT2D eigenvalue weighted by atomic mass is 9.84. The number of anilines is 1. The van der Waals surface area contributed by atoms with Gasteiger partial charge in [-0.15, -0.1) is 0 Å². The van der Waals surface area contributed by atoms with E-state index in [-0.39, 0.29) is 13.0 Å². The number of ether oxygens (including phenoxy) is 2. The van der Waals surface area contributed by atoms with Crippen LogP contribution in [-0.4, -0.2) is 40.0 Å². The fraction of sp³-hybridized carbons (Fsp3) is 0.632. The summed E-state index contributed by atoms with van der Waals surface area (Å²) < 4.78 is 10.6. The van der Waals surface area contributed by atoms with Gasteiger partial charge in [0.2, 0.25) is 0 Å². The number of nitrogens with one attached hydrogen (secondary N) is 1. The Labute approximate surface area is 155 Å². The number of rotatable bonds is 5. The third-order valence-corrected chi connectivity index (χ3v) is 3.29. The number of hydrogen-bond acceptors (Lipinski definition) is 6. The van der Waals surface area contributed by atoms with Crippen molar-refractivity contribution in [1.29, 1.82) is 0 Å². The highest BCUT2D eigenvalue weighted by Gasteiger charge is 2.37. The normalized spacial score (nSPS) is 14.3. The number of pyridine rings is 1. The molecule has 0 bridgehead atoms. The van der Waals surface area contributed by atoms with E-state index >= 15 is 0 Å². The summed E-state index contributed by atoms with van der Waals surface area (Å²) in [5, 5.41) is 12.2. The first-order chi connectivity index (χ1) is 11.7. The van der Waals surface area contributed by atoms with Crippen molar-refractivity contribution in [3.05, 3.63) is 23.9 Å². The standard InChI is InChI=1S/C19H30N2O5/c1-17(2,3)25-15(23)19(7,12-22)10-13-8-9-14(20-11-13)21-16(24)26-18(4,5)6/h8-9,11,22H,10,12H2,1-7H3,(H,20,21,24). The first-order valence-electron chi connectivity index (χ1n) is 8.53. The van der Waals surface area contributed by atoms with E-state index in [0.717, 1.165) is 5.56 Å². The van der Waals surface area contributed by atoms with Gasteiger partial charge in [-0.05, 0) is 66.5 Å². The molecule has 1 rings (SSSR count). The van der Waals surface area contributed by atoms with E-state index < -0.39 is 28.7 Å². The molecule has 0 radical (unpaired) electrons. The van der Waals surface area contributed by atoms with Crippen LogP contribution in [0.3, 0.4) is 0 Å². The van der Waals surface area contributed by atoms with E-state index in [2.05, 4.69) is 10.3 Å². The Hall–Kier alpha value is -2.15. The first kappa shape index (κ1) is 21.9.